The highest BCUT2D eigenvalue weighted by molar-refractivity contribution is 8.00. The van der Waals surface area contributed by atoms with Crippen molar-refractivity contribution in [3.8, 4) is 0 Å². The summed E-state index contributed by atoms with van der Waals surface area (Å²) >= 11 is 1.32. The lowest BCUT2D eigenvalue weighted by molar-refractivity contribution is -0.115. The Balaban J connectivity index is 1.59. The summed E-state index contributed by atoms with van der Waals surface area (Å²) in [6.45, 7) is 5.87. The van der Waals surface area contributed by atoms with Gasteiger partial charge in [-0.25, -0.2) is 4.98 Å². The van der Waals surface area contributed by atoms with Crippen molar-refractivity contribution in [3.63, 3.8) is 0 Å². The quantitative estimate of drug-likeness (QED) is 0.609. The minimum absolute atomic E-state index is 0.0712. The van der Waals surface area contributed by atoms with Gasteiger partial charge in [-0.1, -0.05) is 65.9 Å². The molecule has 0 bridgehead atoms. The number of benzene rings is 2. The van der Waals surface area contributed by atoms with Crippen LogP contribution in [0.1, 0.15) is 29.4 Å². The van der Waals surface area contributed by atoms with Crippen LogP contribution >= 0.6 is 11.8 Å². The molecule has 6 heteroatoms. The molecule has 27 heavy (non-hydrogen) atoms. The van der Waals surface area contributed by atoms with Crippen LogP contribution in [0.15, 0.2) is 53.7 Å². The number of amides is 1. The first-order valence-corrected chi connectivity index (χ1v) is 9.59. The van der Waals surface area contributed by atoms with Crippen molar-refractivity contribution < 1.29 is 4.79 Å². The molecular formula is C21H22N4OS. The van der Waals surface area contributed by atoms with Crippen molar-refractivity contribution in [2.75, 3.05) is 5.32 Å². The second-order valence-electron chi connectivity index (χ2n) is 6.31. The van der Waals surface area contributed by atoms with Gasteiger partial charge in [-0.05, 0) is 44.0 Å². The zero-order valence-corrected chi connectivity index (χ0v) is 16.4. The third-order valence-electron chi connectivity index (χ3n) is 4.01. The maximum Gasteiger partial charge on any atom is 0.237 e. The molecule has 1 amide bonds. The van der Waals surface area contributed by atoms with Crippen molar-refractivity contribution in [1.82, 2.24) is 15.2 Å². The first-order chi connectivity index (χ1) is 13.0. The molecule has 0 aliphatic carbocycles. The summed E-state index contributed by atoms with van der Waals surface area (Å²) in [4.78, 5) is 16.9. The van der Waals surface area contributed by atoms with Gasteiger partial charge < -0.3 is 5.32 Å². The van der Waals surface area contributed by atoms with Crippen LogP contribution in [0, 0.1) is 13.8 Å². The molecule has 0 radical (unpaired) electrons. The summed E-state index contributed by atoms with van der Waals surface area (Å²) in [5.74, 6) is 0.585. The number of nitrogens with one attached hydrogen (secondary N) is 2. The molecule has 1 unspecified atom stereocenters. The van der Waals surface area contributed by atoms with Gasteiger partial charge in [0, 0.05) is 5.69 Å². The van der Waals surface area contributed by atoms with E-state index >= 15 is 0 Å². The van der Waals surface area contributed by atoms with Gasteiger partial charge in [-0.15, -0.1) is 5.10 Å². The van der Waals surface area contributed by atoms with Gasteiger partial charge in [0.2, 0.25) is 11.1 Å². The van der Waals surface area contributed by atoms with E-state index in [4.69, 9.17) is 0 Å². The van der Waals surface area contributed by atoms with Crippen molar-refractivity contribution in [2.24, 2.45) is 0 Å². The van der Waals surface area contributed by atoms with Crippen LogP contribution in [0.5, 0.6) is 0 Å². The van der Waals surface area contributed by atoms with Crippen molar-refractivity contribution in [3.05, 3.63) is 71.0 Å². The molecule has 1 aromatic heterocycles. The molecule has 2 N–H and O–H groups in total. The summed E-state index contributed by atoms with van der Waals surface area (Å²) in [6, 6.07) is 15.9. The van der Waals surface area contributed by atoms with Crippen LogP contribution in [0.25, 0.3) is 12.2 Å². The van der Waals surface area contributed by atoms with Crippen LogP contribution in [0.3, 0.4) is 0 Å². The third-order valence-corrected chi connectivity index (χ3v) is 4.97. The Morgan fingerprint density at radius 2 is 1.93 bits per heavy atom. The number of aromatic nitrogens is 3. The first-order valence-electron chi connectivity index (χ1n) is 8.71. The molecule has 1 heterocycles. The molecular weight excluding hydrogens is 356 g/mol. The van der Waals surface area contributed by atoms with Gasteiger partial charge in [0.15, 0.2) is 0 Å². The number of rotatable bonds is 6. The molecule has 0 saturated carbocycles. The number of hydrogen-bond donors (Lipinski definition) is 2. The molecule has 0 spiro atoms. The lowest BCUT2D eigenvalue weighted by Crippen LogP contribution is -2.23. The molecule has 3 aromatic rings. The average molecular weight is 379 g/mol. The normalized spacial score (nSPS) is 12.3. The van der Waals surface area contributed by atoms with Crippen LogP contribution in [0.2, 0.25) is 0 Å². The highest BCUT2D eigenvalue weighted by Crippen LogP contribution is 2.22. The minimum atomic E-state index is -0.313. The molecule has 138 valence electrons. The van der Waals surface area contributed by atoms with E-state index in [1.54, 1.807) is 0 Å². The van der Waals surface area contributed by atoms with E-state index in [-0.39, 0.29) is 11.2 Å². The second-order valence-corrected chi connectivity index (χ2v) is 7.62. The van der Waals surface area contributed by atoms with Crippen LogP contribution in [0.4, 0.5) is 5.69 Å². The summed E-state index contributed by atoms with van der Waals surface area (Å²) < 4.78 is 0. The van der Waals surface area contributed by atoms with E-state index in [2.05, 4.69) is 20.5 Å². The maximum absolute atomic E-state index is 12.5. The third kappa shape index (κ3) is 5.31. The number of aromatic amines is 1. The summed E-state index contributed by atoms with van der Waals surface area (Å²) in [5, 5.41) is 10.3. The van der Waals surface area contributed by atoms with Crippen LogP contribution in [-0.4, -0.2) is 26.3 Å². The highest BCUT2D eigenvalue weighted by Gasteiger charge is 2.17. The van der Waals surface area contributed by atoms with Gasteiger partial charge in [0.05, 0.1) is 5.25 Å². The Labute approximate surface area is 163 Å². The molecule has 3 rings (SSSR count). The van der Waals surface area contributed by atoms with E-state index in [1.165, 1.54) is 17.3 Å². The molecule has 1 atom stereocenters. The lowest BCUT2D eigenvalue weighted by Gasteiger charge is -2.12. The van der Waals surface area contributed by atoms with Crippen molar-refractivity contribution in [1.29, 1.82) is 0 Å². The van der Waals surface area contributed by atoms with E-state index in [0.29, 0.717) is 11.0 Å². The van der Waals surface area contributed by atoms with E-state index in [1.807, 2.05) is 81.5 Å². The summed E-state index contributed by atoms with van der Waals surface area (Å²) in [7, 11) is 0. The van der Waals surface area contributed by atoms with Gasteiger partial charge in [0.1, 0.15) is 5.82 Å². The maximum atomic E-state index is 12.5. The Morgan fingerprint density at radius 1 is 1.15 bits per heavy atom. The fraction of sp³-hybridized carbons (Fsp3) is 0.190. The average Bonchev–Trinajstić information content (AvgIpc) is 3.10. The number of nitrogens with zero attached hydrogens (tertiary/aromatic N) is 2. The second kappa shape index (κ2) is 8.68. The Hall–Kier alpha value is -2.86. The fourth-order valence-corrected chi connectivity index (χ4v) is 3.26. The number of thioether (sulfide) groups is 1. The van der Waals surface area contributed by atoms with Crippen molar-refractivity contribution in [2.45, 2.75) is 31.2 Å². The standard InChI is InChI=1S/C21H22N4OS/c1-14-9-11-18(15(2)13-14)22-20(26)16(3)27-21-23-19(24-25-21)12-10-17-7-5-4-6-8-17/h4-13,16H,1-3H3,(H,22,26)(H,23,24,25)/b12-10+. The predicted octanol–water partition coefficient (Wildman–Crippen LogP) is 4.71. The number of anilines is 1. The van der Waals surface area contributed by atoms with Gasteiger partial charge in [0.25, 0.3) is 0 Å². The largest absolute Gasteiger partial charge is 0.325 e. The number of carbonyl (C=O) groups is 1. The van der Waals surface area contributed by atoms with E-state index < -0.39 is 0 Å². The SMILES string of the molecule is Cc1ccc(NC(=O)C(C)Sc2n[nH]c(/C=C/c3ccccc3)n2)c(C)c1. The Bertz CT molecular complexity index is 950. The molecule has 0 fully saturated rings. The fourth-order valence-electron chi connectivity index (χ4n) is 2.52. The topological polar surface area (TPSA) is 70.7 Å². The van der Waals surface area contributed by atoms with E-state index in [0.717, 1.165) is 16.8 Å². The zero-order chi connectivity index (χ0) is 19.2. The number of hydrogen-bond acceptors (Lipinski definition) is 4. The number of H-pyrrole nitrogens is 1. The Kier molecular flexibility index (Phi) is 6.08. The minimum Gasteiger partial charge on any atom is -0.325 e. The number of carbonyl (C=O) groups excluding carboxylic acids is 1. The van der Waals surface area contributed by atoms with Gasteiger partial charge in [-0.3, -0.25) is 9.89 Å². The zero-order valence-electron chi connectivity index (χ0n) is 15.6. The van der Waals surface area contributed by atoms with Gasteiger partial charge >= 0.3 is 0 Å². The molecule has 0 saturated heterocycles. The first kappa shape index (κ1) is 18.9. The molecule has 0 aliphatic heterocycles. The smallest absolute Gasteiger partial charge is 0.237 e. The highest BCUT2D eigenvalue weighted by atomic mass is 32.2. The predicted molar refractivity (Wildman–Crippen MR) is 112 cm³/mol. The lowest BCUT2D eigenvalue weighted by atomic mass is 10.1. The summed E-state index contributed by atoms with van der Waals surface area (Å²) in [5.41, 5.74) is 4.14. The Morgan fingerprint density at radius 3 is 2.67 bits per heavy atom. The van der Waals surface area contributed by atoms with Crippen molar-refractivity contribution >= 4 is 35.5 Å². The molecule has 0 aliphatic rings. The van der Waals surface area contributed by atoms with Crippen LogP contribution in [-0.2, 0) is 4.79 Å². The van der Waals surface area contributed by atoms with Crippen LogP contribution < -0.4 is 5.32 Å². The number of aryl methyl sites for hydroxylation is 2. The molecule has 2 aromatic carbocycles. The van der Waals surface area contributed by atoms with E-state index in [9.17, 15) is 4.79 Å². The molecule has 5 nitrogen and oxygen atoms in total. The summed E-state index contributed by atoms with van der Waals surface area (Å²) in [6.07, 6.45) is 3.83. The monoisotopic (exact) mass is 378 g/mol. The van der Waals surface area contributed by atoms with Gasteiger partial charge in [-0.2, -0.15) is 0 Å².